The number of ether oxygens (including phenoxy) is 2. The van der Waals surface area contributed by atoms with Crippen molar-refractivity contribution in [1.82, 2.24) is 0 Å². The Kier molecular flexibility index (Phi) is 3.50. The van der Waals surface area contributed by atoms with Crippen LogP contribution < -0.4 is 9.84 Å². The minimum absolute atomic E-state index is 0.392. The highest BCUT2D eigenvalue weighted by Gasteiger charge is 2.33. The third-order valence-corrected chi connectivity index (χ3v) is 2.00. The van der Waals surface area contributed by atoms with Gasteiger partial charge in [-0.15, -0.1) is 0 Å². The third kappa shape index (κ3) is 2.61. The van der Waals surface area contributed by atoms with E-state index in [1.165, 1.54) is 0 Å². The van der Waals surface area contributed by atoms with Crippen molar-refractivity contribution in [2.24, 2.45) is 0 Å². The summed E-state index contributed by atoms with van der Waals surface area (Å²) in [4.78, 5) is 11.1. The maximum Gasteiger partial charge on any atom is 0.415 e. The number of rotatable bonds is 2. The van der Waals surface area contributed by atoms with E-state index in [0.29, 0.717) is 6.07 Å². The molecule has 1 aromatic carbocycles. The first kappa shape index (κ1) is 13.1. The molecule has 0 bridgehead atoms. The summed E-state index contributed by atoms with van der Waals surface area (Å²) in [6.45, 7) is 0. The van der Waals surface area contributed by atoms with Crippen molar-refractivity contribution in [1.29, 1.82) is 0 Å². The van der Waals surface area contributed by atoms with Gasteiger partial charge in [0.25, 0.3) is 0 Å². The average Bonchev–Trinajstić information content (AvgIpc) is 2.26. The van der Waals surface area contributed by atoms with Crippen molar-refractivity contribution < 1.29 is 32.5 Å². The van der Waals surface area contributed by atoms with Crippen molar-refractivity contribution in [3.63, 3.8) is 0 Å². The van der Waals surface area contributed by atoms with Crippen LogP contribution in [0.1, 0.15) is 15.9 Å². The van der Waals surface area contributed by atoms with Gasteiger partial charge in [-0.25, -0.2) is 4.79 Å². The lowest BCUT2D eigenvalue weighted by Gasteiger charge is -2.20. The van der Waals surface area contributed by atoms with Crippen LogP contribution in [-0.4, -0.2) is 20.2 Å². The molecule has 7 heteroatoms. The molecule has 0 unspecified atom stereocenters. The molecule has 1 aromatic rings. The zero-order valence-electron chi connectivity index (χ0n) is 8.92. The molecule has 0 saturated heterocycles. The minimum Gasteiger partial charge on any atom is -0.870 e. The second-order valence-corrected chi connectivity index (χ2v) is 3.04. The highest BCUT2D eigenvalue weighted by Crippen LogP contribution is 2.40. The van der Waals surface area contributed by atoms with Gasteiger partial charge in [0.1, 0.15) is 5.75 Å². The Balaban J connectivity index is 3.44. The van der Waals surface area contributed by atoms with Crippen LogP contribution >= 0.6 is 0 Å². The standard InChI is InChI=1S/C10H9F3O4/c1-16-7-4-5(9(15)17-2)3-6(8(7)14)10(11,12)13/h3-4,14H,1-2H3/p-1. The summed E-state index contributed by atoms with van der Waals surface area (Å²) in [6.07, 6.45) is -4.85. The maximum absolute atomic E-state index is 12.5. The van der Waals surface area contributed by atoms with Gasteiger partial charge in [-0.1, -0.05) is 5.75 Å². The lowest BCUT2D eigenvalue weighted by Crippen LogP contribution is -2.13. The number of carbonyl (C=O) groups is 1. The number of hydrogen-bond donors (Lipinski definition) is 0. The van der Waals surface area contributed by atoms with Crippen LogP contribution in [0.4, 0.5) is 13.2 Å². The molecule has 0 aromatic heterocycles. The monoisotopic (exact) mass is 249 g/mol. The number of esters is 1. The summed E-state index contributed by atoms with van der Waals surface area (Å²) in [5, 5.41) is 11.3. The van der Waals surface area contributed by atoms with E-state index < -0.39 is 34.8 Å². The fourth-order valence-corrected chi connectivity index (χ4v) is 1.20. The fourth-order valence-electron chi connectivity index (χ4n) is 1.20. The predicted molar refractivity (Wildman–Crippen MR) is 48.8 cm³/mol. The number of hydrogen-bond acceptors (Lipinski definition) is 4. The van der Waals surface area contributed by atoms with Crippen molar-refractivity contribution >= 4 is 5.97 Å². The normalized spacial score (nSPS) is 11.1. The Bertz CT molecular complexity index is 440. The number of methoxy groups -OCH3 is 2. The summed E-state index contributed by atoms with van der Waals surface area (Å²) in [7, 11) is 2.06. The van der Waals surface area contributed by atoms with Crippen molar-refractivity contribution in [2.45, 2.75) is 6.18 Å². The summed E-state index contributed by atoms with van der Waals surface area (Å²) in [5.74, 6) is -2.85. The zero-order chi connectivity index (χ0) is 13.2. The van der Waals surface area contributed by atoms with E-state index in [-0.39, 0.29) is 0 Å². The molecule has 94 valence electrons. The van der Waals surface area contributed by atoms with E-state index in [2.05, 4.69) is 9.47 Å². The highest BCUT2D eigenvalue weighted by atomic mass is 19.4. The molecule has 0 saturated carbocycles. The quantitative estimate of drug-likeness (QED) is 0.746. The molecule has 17 heavy (non-hydrogen) atoms. The molecule has 0 amide bonds. The molecule has 0 spiro atoms. The van der Waals surface area contributed by atoms with E-state index in [1.807, 2.05) is 0 Å². The Morgan fingerprint density at radius 1 is 1.29 bits per heavy atom. The van der Waals surface area contributed by atoms with Crippen LogP contribution in [0, 0.1) is 0 Å². The van der Waals surface area contributed by atoms with Gasteiger partial charge < -0.3 is 14.6 Å². The summed E-state index contributed by atoms with van der Waals surface area (Å²) < 4.78 is 46.3. The molecule has 0 fully saturated rings. The van der Waals surface area contributed by atoms with Gasteiger partial charge in [-0.05, 0) is 12.1 Å². The van der Waals surface area contributed by atoms with Gasteiger partial charge in [0.2, 0.25) is 0 Å². The molecule has 1 rings (SSSR count). The van der Waals surface area contributed by atoms with Crippen molar-refractivity contribution in [3.05, 3.63) is 23.3 Å². The number of carbonyl (C=O) groups excluding carboxylic acids is 1. The average molecular weight is 249 g/mol. The molecular formula is C10H8F3O4-. The lowest BCUT2D eigenvalue weighted by atomic mass is 10.1. The van der Waals surface area contributed by atoms with E-state index in [0.717, 1.165) is 20.3 Å². The van der Waals surface area contributed by atoms with Gasteiger partial charge in [0, 0.05) is 0 Å². The van der Waals surface area contributed by atoms with Crippen LogP contribution in [0.25, 0.3) is 0 Å². The largest absolute Gasteiger partial charge is 0.870 e. The molecule has 0 aliphatic heterocycles. The van der Waals surface area contributed by atoms with Gasteiger partial charge >= 0.3 is 12.1 Å². The Hall–Kier alpha value is -1.92. The van der Waals surface area contributed by atoms with Gasteiger partial charge in [0.05, 0.1) is 25.3 Å². The molecule has 0 aliphatic carbocycles. The third-order valence-electron chi connectivity index (χ3n) is 2.00. The molecular weight excluding hydrogens is 241 g/mol. The van der Waals surface area contributed by atoms with Crippen LogP contribution in [0.3, 0.4) is 0 Å². The molecule has 4 nitrogen and oxygen atoms in total. The van der Waals surface area contributed by atoms with E-state index >= 15 is 0 Å². The second kappa shape index (κ2) is 4.52. The van der Waals surface area contributed by atoms with E-state index in [9.17, 15) is 23.1 Å². The Morgan fingerprint density at radius 3 is 2.29 bits per heavy atom. The Morgan fingerprint density at radius 2 is 1.88 bits per heavy atom. The predicted octanol–water partition coefficient (Wildman–Crippen LogP) is 1.57. The van der Waals surface area contributed by atoms with E-state index in [1.54, 1.807) is 0 Å². The van der Waals surface area contributed by atoms with Crippen molar-refractivity contribution in [2.75, 3.05) is 14.2 Å². The molecule has 0 heterocycles. The molecule has 0 N–H and O–H groups in total. The first-order chi connectivity index (χ1) is 7.81. The minimum atomic E-state index is -4.85. The lowest BCUT2D eigenvalue weighted by molar-refractivity contribution is -0.277. The van der Waals surface area contributed by atoms with E-state index in [4.69, 9.17) is 0 Å². The summed E-state index contributed by atoms with van der Waals surface area (Å²) in [6, 6.07) is 1.35. The second-order valence-electron chi connectivity index (χ2n) is 3.04. The first-order valence-electron chi connectivity index (χ1n) is 4.35. The fraction of sp³-hybridized carbons (Fsp3) is 0.300. The van der Waals surface area contributed by atoms with Gasteiger partial charge in [0.15, 0.2) is 0 Å². The van der Waals surface area contributed by atoms with Gasteiger partial charge in [-0.3, -0.25) is 0 Å². The molecule has 0 atom stereocenters. The van der Waals surface area contributed by atoms with Gasteiger partial charge in [-0.2, -0.15) is 13.2 Å². The zero-order valence-corrected chi connectivity index (χ0v) is 8.92. The smallest absolute Gasteiger partial charge is 0.415 e. The SMILES string of the molecule is COC(=O)c1cc(OC)c([O-])c(C(F)(F)F)c1. The number of halogens is 3. The topological polar surface area (TPSA) is 58.6 Å². The van der Waals surface area contributed by atoms with Crippen LogP contribution in [-0.2, 0) is 10.9 Å². The Labute approximate surface area is 94.6 Å². The molecule has 0 aliphatic rings. The molecule has 0 radical (unpaired) electrons. The summed E-state index contributed by atoms with van der Waals surface area (Å²) >= 11 is 0. The van der Waals surface area contributed by atoms with Crippen LogP contribution in [0.2, 0.25) is 0 Å². The van der Waals surface area contributed by atoms with Crippen LogP contribution in [0.5, 0.6) is 11.5 Å². The van der Waals surface area contributed by atoms with Crippen molar-refractivity contribution in [3.8, 4) is 11.5 Å². The first-order valence-corrected chi connectivity index (χ1v) is 4.35. The summed E-state index contributed by atoms with van der Waals surface area (Å²) in [5.41, 5.74) is -1.85. The number of benzene rings is 1. The maximum atomic E-state index is 12.5. The number of alkyl halides is 3. The highest BCUT2D eigenvalue weighted by molar-refractivity contribution is 5.90. The van der Waals surface area contributed by atoms with Crippen LogP contribution in [0.15, 0.2) is 12.1 Å².